The van der Waals surface area contributed by atoms with Crippen LogP contribution in [0.1, 0.15) is 38.3 Å². The maximum atomic E-state index is 14.8. The molecule has 0 saturated carbocycles. The number of anilines is 1. The fourth-order valence-corrected chi connectivity index (χ4v) is 7.04. The molecule has 10 heteroatoms. The minimum Gasteiger partial charge on any atom is -0.612 e. The first kappa shape index (κ1) is 30.0. The minimum atomic E-state index is -4.04. The van der Waals surface area contributed by atoms with E-state index in [1.54, 1.807) is 18.2 Å². The Morgan fingerprint density at radius 3 is 2.38 bits per heavy atom. The van der Waals surface area contributed by atoms with Crippen molar-refractivity contribution in [3.63, 3.8) is 0 Å². The van der Waals surface area contributed by atoms with Gasteiger partial charge in [-0.3, -0.25) is 4.72 Å². The topological polar surface area (TPSA) is 91.4 Å². The molecule has 40 heavy (non-hydrogen) atoms. The quantitative estimate of drug-likeness (QED) is 0.200. The standard InChI is InChI=1S/C30H33FN2O4S3/c1-19-9-7-10-20(2)26(19)27-28(21-15-22(31)17-23(16-21)37-14-13-30(3,4)5)38-29(32-27)33-40(35,36)25-12-8-11-24(18-25)39(6)34/h7-12,15-18H,13-14H2,1-6H3,(H,32,33). The van der Waals surface area contributed by atoms with Crippen LogP contribution in [0.3, 0.4) is 0 Å². The lowest BCUT2D eigenvalue weighted by Gasteiger charge is -2.18. The first-order valence-electron chi connectivity index (χ1n) is 12.7. The molecule has 1 heterocycles. The highest BCUT2D eigenvalue weighted by atomic mass is 32.2. The van der Waals surface area contributed by atoms with Gasteiger partial charge in [0.25, 0.3) is 10.0 Å². The summed E-state index contributed by atoms with van der Waals surface area (Å²) in [5, 5.41) is 0.134. The van der Waals surface area contributed by atoms with E-state index in [2.05, 4.69) is 25.5 Å². The van der Waals surface area contributed by atoms with Crippen molar-refractivity contribution in [1.29, 1.82) is 0 Å². The van der Waals surface area contributed by atoms with E-state index in [1.165, 1.54) is 30.5 Å². The van der Waals surface area contributed by atoms with Crippen molar-refractivity contribution >= 4 is 37.7 Å². The fraction of sp³-hybridized carbons (Fsp3) is 0.300. The van der Waals surface area contributed by atoms with Crippen molar-refractivity contribution in [3.8, 4) is 27.4 Å². The van der Waals surface area contributed by atoms with Gasteiger partial charge in [0.1, 0.15) is 17.8 Å². The van der Waals surface area contributed by atoms with Gasteiger partial charge in [-0.2, -0.15) is 0 Å². The number of sulfonamides is 1. The minimum absolute atomic E-state index is 0.0223. The first-order valence-corrected chi connectivity index (χ1v) is 16.6. The number of hydrogen-bond donors (Lipinski definition) is 1. The second-order valence-electron chi connectivity index (χ2n) is 10.8. The molecule has 1 aromatic heterocycles. The zero-order chi connectivity index (χ0) is 29.2. The third-order valence-corrected chi connectivity index (χ3v) is 9.67. The number of nitrogens with one attached hydrogen (secondary N) is 1. The van der Waals surface area contributed by atoms with Gasteiger partial charge in [0, 0.05) is 23.3 Å². The molecule has 0 aliphatic heterocycles. The lowest BCUT2D eigenvalue weighted by molar-refractivity contribution is 0.242. The summed E-state index contributed by atoms with van der Waals surface area (Å²) < 4.78 is 61.8. The fourth-order valence-electron chi connectivity index (χ4n) is 4.16. The molecule has 0 bridgehead atoms. The zero-order valence-corrected chi connectivity index (χ0v) is 25.8. The highest BCUT2D eigenvalue weighted by Gasteiger charge is 2.24. The van der Waals surface area contributed by atoms with Crippen LogP contribution in [0.4, 0.5) is 9.52 Å². The van der Waals surface area contributed by atoms with Crippen LogP contribution < -0.4 is 9.46 Å². The van der Waals surface area contributed by atoms with E-state index < -0.39 is 27.0 Å². The summed E-state index contributed by atoms with van der Waals surface area (Å²) in [6.45, 7) is 10.7. The van der Waals surface area contributed by atoms with Crippen molar-refractivity contribution in [2.75, 3.05) is 17.6 Å². The molecule has 212 valence electrons. The number of hydrogen-bond acceptors (Lipinski definition) is 6. The van der Waals surface area contributed by atoms with E-state index in [-0.39, 0.29) is 15.4 Å². The highest BCUT2D eigenvalue weighted by Crippen LogP contribution is 2.43. The number of nitrogens with zero attached hydrogens (tertiary/aromatic N) is 1. The summed E-state index contributed by atoms with van der Waals surface area (Å²) in [6.07, 6.45) is 2.29. The maximum Gasteiger partial charge on any atom is 0.263 e. The normalized spacial score (nSPS) is 12.8. The molecule has 0 aliphatic carbocycles. The lowest BCUT2D eigenvalue weighted by Crippen LogP contribution is -2.13. The van der Waals surface area contributed by atoms with Gasteiger partial charge in [-0.15, -0.1) is 0 Å². The Labute approximate surface area is 242 Å². The van der Waals surface area contributed by atoms with E-state index in [1.807, 2.05) is 32.0 Å². The van der Waals surface area contributed by atoms with Crippen molar-refractivity contribution in [2.45, 2.75) is 50.8 Å². The molecule has 0 aliphatic rings. The van der Waals surface area contributed by atoms with Crippen molar-refractivity contribution in [3.05, 3.63) is 77.6 Å². The summed E-state index contributed by atoms with van der Waals surface area (Å²) in [5.74, 6) is -0.0674. The van der Waals surface area contributed by atoms with Crippen LogP contribution in [-0.2, 0) is 21.2 Å². The summed E-state index contributed by atoms with van der Waals surface area (Å²) in [4.78, 5) is 5.69. The van der Waals surface area contributed by atoms with Gasteiger partial charge >= 0.3 is 0 Å². The van der Waals surface area contributed by atoms with Crippen molar-refractivity contribution < 1.29 is 22.1 Å². The predicted molar refractivity (Wildman–Crippen MR) is 162 cm³/mol. The van der Waals surface area contributed by atoms with E-state index >= 15 is 0 Å². The lowest BCUT2D eigenvalue weighted by atomic mass is 9.93. The Hall–Kier alpha value is -2.92. The summed E-state index contributed by atoms with van der Waals surface area (Å²) in [6, 6.07) is 16.3. The number of aromatic nitrogens is 1. The smallest absolute Gasteiger partial charge is 0.263 e. The summed E-state index contributed by atoms with van der Waals surface area (Å²) in [7, 11) is -4.04. The van der Waals surface area contributed by atoms with Crippen LogP contribution in [0.25, 0.3) is 21.7 Å². The molecular formula is C30H33FN2O4S3. The molecular weight excluding hydrogens is 568 g/mol. The van der Waals surface area contributed by atoms with Crippen molar-refractivity contribution in [2.24, 2.45) is 5.41 Å². The SMILES string of the molecule is Cc1cccc(C)c1-c1nc(NS(=O)(=O)c2cccc([S+](C)[O-])c2)sc1-c1cc(F)cc(OCCC(C)(C)C)c1. The molecule has 0 radical (unpaired) electrons. The molecule has 6 nitrogen and oxygen atoms in total. The van der Waals surface area contributed by atoms with Crippen LogP contribution >= 0.6 is 11.3 Å². The Kier molecular flexibility index (Phi) is 8.94. The molecule has 1 N–H and O–H groups in total. The zero-order valence-electron chi connectivity index (χ0n) is 23.4. The molecule has 1 unspecified atom stereocenters. The Bertz CT molecular complexity index is 1610. The number of halogens is 1. The third kappa shape index (κ3) is 7.23. The molecule has 4 aromatic rings. The first-order chi connectivity index (χ1) is 18.7. The molecule has 3 aromatic carbocycles. The molecule has 0 spiro atoms. The van der Waals surface area contributed by atoms with Crippen LogP contribution in [-0.4, -0.2) is 30.8 Å². The van der Waals surface area contributed by atoms with Crippen LogP contribution in [0.15, 0.2) is 70.5 Å². The number of aryl methyl sites for hydroxylation is 2. The Balaban J connectivity index is 1.79. The number of thiazole rings is 1. The van der Waals surface area contributed by atoms with Crippen LogP contribution in [0.2, 0.25) is 0 Å². The number of ether oxygens (including phenoxy) is 1. The largest absolute Gasteiger partial charge is 0.612 e. The second-order valence-corrected chi connectivity index (χ2v) is 14.9. The molecule has 0 amide bonds. The van der Waals surface area contributed by atoms with Gasteiger partial charge < -0.3 is 9.29 Å². The Morgan fingerprint density at radius 1 is 1.05 bits per heavy atom. The van der Waals surface area contributed by atoms with Gasteiger partial charge in [-0.1, -0.05) is 56.4 Å². The monoisotopic (exact) mass is 600 g/mol. The highest BCUT2D eigenvalue weighted by molar-refractivity contribution is 7.93. The van der Waals surface area contributed by atoms with E-state index in [9.17, 15) is 17.4 Å². The molecule has 1 atom stereocenters. The number of rotatable bonds is 9. The van der Waals surface area contributed by atoms with Crippen LogP contribution in [0.5, 0.6) is 5.75 Å². The molecule has 0 fully saturated rings. The van der Waals surface area contributed by atoms with Gasteiger partial charge in [-0.25, -0.2) is 17.8 Å². The van der Waals surface area contributed by atoms with Gasteiger partial charge in [0.05, 0.1) is 22.1 Å². The van der Waals surface area contributed by atoms with E-state index in [0.29, 0.717) is 33.4 Å². The maximum absolute atomic E-state index is 14.8. The average Bonchev–Trinajstić information content (AvgIpc) is 3.25. The predicted octanol–water partition coefficient (Wildman–Crippen LogP) is 7.59. The van der Waals surface area contributed by atoms with Gasteiger partial charge in [0.15, 0.2) is 10.0 Å². The second kappa shape index (κ2) is 11.9. The molecule has 4 rings (SSSR count). The van der Waals surface area contributed by atoms with Gasteiger partial charge in [0.2, 0.25) is 0 Å². The van der Waals surface area contributed by atoms with E-state index in [4.69, 9.17) is 9.72 Å². The Morgan fingerprint density at radius 2 is 1.73 bits per heavy atom. The summed E-state index contributed by atoms with van der Waals surface area (Å²) in [5.41, 5.74) is 3.92. The van der Waals surface area contributed by atoms with Gasteiger partial charge in [-0.05, 0) is 72.3 Å². The van der Waals surface area contributed by atoms with E-state index in [0.717, 1.165) is 34.4 Å². The number of benzene rings is 3. The van der Waals surface area contributed by atoms with Crippen LogP contribution in [0, 0.1) is 25.1 Å². The molecule has 0 saturated heterocycles. The summed E-state index contributed by atoms with van der Waals surface area (Å²) >= 11 is -0.221. The average molecular weight is 601 g/mol. The third-order valence-electron chi connectivity index (χ3n) is 6.27. The van der Waals surface area contributed by atoms with Crippen molar-refractivity contribution in [1.82, 2.24) is 4.98 Å².